The molecule has 7 heteroatoms. The van der Waals surface area contributed by atoms with Crippen LogP contribution in [0.4, 0.5) is 5.69 Å². The van der Waals surface area contributed by atoms with Crippen molar-refractivity contribution in [1.29, 1.82) is 0 Å². The normalized spacial score (nSPS) is 29.0. The molecule has 138 valence electrons. The molecule has 2 bridgehead atoms. The molecule has 2 aliphatic carbocycles. The Morgan fingerprint density at radius 1 is 1.24 bits per heavy atom. The van der Waals surface area contributed by atoms with Crippen molar-refractivity contribution in [3.63, 3.8) is 0 Å². The van der Waals surface area contributed by atoms with E-state index in [2.05, 4.69) is 10.0 Å². The van der Waals surface area contributed by atoms with E-state index in [1.807, 2.05) is 6.07 Å². The summed E-state index contributed by atoms with van der Waals surface area (Å²) in [5.74, 6) is 0.975. The van der Waals surface area contributed by atoms with Gasteiger partial charge in [0.1, 0.15) is 0 Å². The predicted octanol–water partition coefficient (Wildman–Crippen LogP) is 1.62. The van der Waals surface area contributed by atoms with Gasteiger partial charge in [0.15, 0.2) is 0 Å². The maximum atomic E-state index is 12.5. The van der Waals surface area contributed by atoms with Gasteiger partial charge in [0.25, 0.3) is 0 Å². The Morgan fingerprint density at radius 2 is 1.92 bits per heavy atom. The van der Waals surface area contributed by atoms with Crippen LogP contribution in [0.1, 0.15) is 37.7 Å². The zero-order valence-electron chi connectivity index (χ0n) is 14.6. The standard InChI is InChI=1S/C18H27N3O3S/c1-25(23,24)21-16-7-2-4-12(8-16)9-17(22)20-18-13-5-3-6-14(18)11-15(19)10-13/h2,4,7-8,13-15,18,21H,3,5-6,9-11,19H2,1H3,(H,20,22). The van der Waals surface area contributed by atoms with E-state index < -0.39 is 10.0 Å². The third-order valence-electron chi connectivity index (χ3n) is 5.30. The lowest BCUT2D eigenvalue weighted by atomic mass is 9.67. The summed E-state index contributed by atoms with van der Waals surface area (Å²) >= 11 is 0. The molecule has 2 saturated carbocycles. The molecule has 0 aliphatic heterocycles. The van der Waals surface area contributed by atoms with Gasteiger partial charge in [-0.15, -0.1) is 0 Å². The van der Waals surface area contributed by atoms with Crippen LogP contribution in [0.2, 0.25) is 0 Å². The Balaban J connectivity index is 1.62. The Labute approximate surface area is 149 Å². The highest BCUT2D eigenvalue weighted by Gasteiger charge is 2.39. The highest BCUT2D eigenvalue weighted by molar-refractivity contribution is 7.92. The van der Waals surface area contributed by atoms with Crippen molar-refractivity contribution >= 4 is 21.6 Å². The molecule has 2 aliphatic rings. The Bertz CT molecular complexity index is 721. The van der Waals surface area contributed by atoms with Gasteiger partial charge in [0, 0.05) is 17.8 Å². The summed E-state index contributed by atoms with van der Waals surface area (Å²) < 4.78 is 25.1. The number of fused-ring (bicyclic) bond motifs is 2. The fourth-order valence-corrected chi connectivity index (χ4v) is 4.96. The number of benzene rings is 1. The zero-order chi connectivity index (χ0) is 18.0. The molecule has 1 aromatic rings. The number of amides is 1. The molecule has 4 N–H and O–H groups in total. The van der Waals surface area contributed by atoms with E-state index in [1.54, 1.807) is 18.2 Å². The summed E-state index contributed by atoms with van der Waals surface area (Å²) in [6.45, 7) is 0. The molecule has 0 radical (unpaired) electrons. The zero-order valence-corrected chi connectivity index (χ0v) is 15.4. The largest absolute Gasteiger partial charge is 0.353 e. The number of hydrogen-bond acceptors (Lipinski definition) is 4. The van der Waals surface area contributed by atoms with E-state index >= 15 is 0 Å². The molecule has 2 atom stereocenters. The van der Waals surface area contributed by atoms with Crippen molar-refractivity contribution < 1.29 is 13.2 Å². The van der Waals surface area contributed by atoms with E-state index in [9.17, 15) is 13.2 Å². The first-order chi connectivity index (χ1) is 11.8. The minimum Gasteiger partial charge on any atom is -0.353 e. The topological polar surface area (TPSA) is 101 Å². The van der Waals surface area contributed by atoms with E-state index in [-0.39, 0.29) is 24.4 Å². The average molecular weight is 365 g/mol. The van der Waals surface area contributed by atoms with E-state index in [1.165, 1.54) is 6.42 Å². The minimum absolute atomic E-state index is 0.00567. The number of carbonyl (C=O) groups excluding carboxylic acids is 1. The molecule has 2 unspecified atom stereocenters. The lowest BCUT2D eigenvalue weighted by molar-refractivity contribution is -0.122. The van der Waals surface area contributed by atoms with Gasteiger partial charge in [-0.25, -0.2) is 8.42 Å². The van der Waals surface area contributed by atoms with Gasteiger partial charge in [-0.1, -0.05) is 18.6 Å². The molecule has 25 heavy (non-hydrogen) atoms. The number of carbonyl (C=O) groups is 1. The maximum absolute atomic E-state index is 12.5. The quantitative estimate of drug-likeness (QED) is 0.738. The van der Waals surface area contributed by atoms with Crippen molar-refractivity contribution in [2.45, 2.75) is 50.6 Å². The van der Waals surface area contributed by atoms with Crippen LogP contribution in [0.3, 0.4) is 0 Å². The number of rotatable bonds is 5. The Morgan fingerprint density at radius 3 is 2.56 bits per heavy atom. The highest BCUT2D eigenvalue weighted by Crippen LogP contribution is 2.39. The highest BCUT2D eigenvalue weighted by atomic mass is 32.2. The second kappa shape index (κ2) is 7.33. The molecule has 1 amide bonds. The maximum Gasteiger partial charge on any atom is 0.229 e. The fraction of sp³-hybridized carbons (Fsp3) is 0.611. The van der Waals surface area contributed by atoms with Crippen molar-refractivity contribution in [1.82, 2.24) is 5.32 Å². The van der Waals surface area contributed by atoms with Crippen molar-refractivity contribution in [3.8, 4) is 0 Å². The van der Waals surface area contributed by atoms with Gasteiger partial charge < -0.3 is 11.1 Å². The van der Waals surface area contributed by atoms with Gasteiger partial charge in [0.2, 0.25) is 15.9 Å². The first-order valence-electron chi connectivity index (χ1n) is 8.92. The first-order valence-corrected chi connectivity index (χ1v) is 10.8. The lowest BCUT2D eigenvalue weighted by Gasteiger charge is -2.45. The van der Waals surface area contributed by atoms with Gasteiger partial charge in [-0.05, 0) is 55.2 Å². The monoisotopic (exact) mass is 365 g/mol. The van der Waals surface area contributed by atoms with Crippen LogP contribution < -0.4 is 15.8 Å². The smallest absolute Gasteiger partial charge is 0.229 e. The van der Waals surface area contributed by atoms with E-state index in [0.29, 0.717) is 17.5 Å². The second-order valence-electron chi connectivity index (χ2n) is 7.53. The van der Waals surface area contributed by atoms with Crippen LogP contribution in [0.15, 0.2) is 24.3 Å². The molecule has 0 aromatic heterocycles. The van der Waals surface area contributed by atoms with E-state index in [4.69, 9.17) is 5.73 Å². The molecule has 0 saturated heterocycles. The number of anilines is 1. The van der Waals surface area contributed by atoms with Crippen LogP contribution in [0.25, 0.3) is 0 Å². The van der Waals surface area contributed by atoms with Gasteiger partial charge >= 0.3 is 0 Å². The second-order valence-corrected chi connectivity index (χ2v) is 9.28. The van der Waals surface area contributed by atoms with Crippen molar-refractivity contribution in [3.05, 3.63) is 29.8 Å². The molecule has 3 rings (SSSR count). The number of nitrogens with one attached hydrogen (secondary N) is 2. The van der Waals surface area contributed by atoms with Crippen LogP contribution in [-0.4, -0.2) is 32.7 Å². The number of nitrogens with two attached hydrogens (primary N) is 1. The lowest BCUT2D eigenvalue weighted by Crippen LogP contribution is -2.54. The third-order valence-corrected chi connectivity index (χ3v) is 5.91. The number of hydrogen-bond donors (Lipinski definition) is 3. The summed E-state index contributed by atoms with van der Waals surface area (Å²) in [4.78, 5) is 12.5. The Hall–Kier alpha value is -1.60. The summed E-state index contributed by atoms with van der Waals surface area (Å²) in [5, 5.41) is 3.22. The van der Waals surface area contributed by atoms with Crippen molar-refractivity contribution in [2.24, 2.45) is 17.6 Å². The molecule has 0 heterocycles. The third kappa shape index (κ3) is 4.95. The minimum atomic E-state index is -3.32. The molecule has 0 spiro atoms. The number of sulfonamides is 1. The van der Waals surface area contributed by atoms with E-state index in [0.717, 1.165) is 37.5 Å². The van der Waals surface area contributed by atoms with Crippen LogP contribution in [-0.2, 0) is 21.2 Å². The van der Waals surface area contributed by atoms with Gasteiger partial charge in [-0.3, -0.25) is 9.52 Å². The van der Waals surface area contributed by atoms with Crippen LogP contribution in [0, 0.1) is 11.8 Å². The molecule has 1 aromatic carbocycles. The molecule has 2 fully saturated rings. The van der Waals surface area contributed by atoms with Crippen molar-refractivity contribution in [2.75, 3.05) is 11.0 Å². The summed E-state index contributed by atoms with van der Waals surface area (Å²) in [7, 11) is -3.32. The van der Waals surface area contributed by atoms with Crippen LogP contribution in [0.5, 0.6) is 0 Å². The van der Waals surface area contributed by atoms with Crippen LogP contribution >= 0.6 is 0 Å². The summed E-state index contributed by atoms with van der Waals surface area (Å²) in [6.07, 6.45) is 6.87. The summed E-state index contributed by atoms with van der Waals surface area (Å²) in [6, 6.07) is 7.48. The molecular weight excluding hydrogens is 338 g/mol. The van der Waals surface area contributed by atoms with Gasteiger partial charge in [0.05, 0.1) is 12.7 Å². The van der Waals surface area contributed by atoms with Gasteiger partial charge in [-0.2, -0.15) is 0 Å². The SMILES string of the molecule is CS(=O)(=O)Nc1cccc(CC(=O)NC2C3CCCC2CC(N)C3)c1. The fourth-order valence-electron chi connectivity index (χ4n) is 4.41. The Kier molecular flexibility index (Phi) is 5.34. The average Bonchev–Trinajstić information content (AvgIpc) is 2.46. The molecular formula is C18H27N3O3S. The first kappa shape index (κ1) is 18.2. The predicted molar refractivity (Wildman–Crippen MR) is 98.6 cm³/mol. The molecule has 6 nitrogen and oxygen atoms in total. The summed E-state index contributed by atoms with van der Waals surface area (Å²) in [5.41, 5.74) is 7.42.